The highest BCUT2D eigenvalue weighted by Crippen LogP contribution is 2.16. The minimum atomic E-state index is -0.447. The Kier molecular flexibility index (Phi) is 5.34. The molecule has 0 saturated carbocycles. The molecule has 0 aliphatic heterocycles. The molecule has 3 N–H and O–H groups in total. The fraction of sp³-hybridized carbons (Fsp3) is 0.636. The maximum absolute atomic E-state index is 11.8. The molecule has 0 radical (unpaired) electrons. The summed E-state index contributed by atoms with van der Waals surface area (Å²) in [4.78, 5) is 23.2. The van der Waals surface area contributed by atoms with Gasteiger partial charge in [-0.2, -0.15) is 0 Å². The number of rotatable bonds is 6. The van der Waals surface area contributed by atoms with Crippen molar-refractivity contribution in [2.75, 3.05) is 11.5 Å². The van der Waals surface area contributed by atoms with Crippen molar-refractivity contribution in [3.8, 4) is 0 Å². The molecule has 0 bridgehead atoms. The number of thioether (sulfide) groups is 1. The van der Waals surface area contributed by atoms with Gasteiger partial charge in [0.15, 0.2) is 10.9 Å². The Bertz CT molecular complexity index is 472. The van der Waals surface area contributed by atoms with E-state index in [1.807, 2.05) is 13.8 Å². The normalized spacial score (nSPS) is 12.5. The van der Waals surface area contributed by atoms with Crippen LogP contribution in [-0.4, -0.2) is 38.2 Å². The first-order valence-electron chi connectivity index (χ1n) is 5.90. The van der Waals surface area contributed by atoms with Crippen LogP contribution >= 0.6 is 11.8 Å². The van der Waals surface area contributed by atoms with Crippen molar-refractivity contribution in [2.24, 2.45) is 13.0 Å². The van der Waals surface area contributed by atoms with E-state index < -0.39 is 6.04 Å². The van der Waals surface area contributed by atoms with E-state index in [0.717, 1.165) is 0 Å². The topological polar surface area (TPSA) is 103 Å². The van der Waals surface area contributed by atoms with Crippen molar-refractivity contribution < 1.29 is 9.59 Å². The highest BCUT2D eigenvalue weighted by molar-refractivity contribution is 7.99. The Morgan fingerprint density at radius 3 is 2.47 bits per heavy atom. The molecule has 106 valence electrons. The predicted octanol–water partition coefficient (Wildman–Crippen LogP) is 0.219. The summed E-state index contributed by atoms with van der Waals surface area (Å²) in [5.74, 6) is 0.281. The first-order chi connectivity index (χ1) is 8.82. The van der Waals surface area contributed by atoms with Crippen molar-refractivity contribution in [2.45, 2.75) is 32.0 Å². The van der Waals surface area contributed by atoms with E-state index in [9.17, 15) is 9.59 Å². The van der Waals surface area contributed by atoms with Gasteiger partial charge in [-0.1, -0.05) is 25.6 Å². The van der Waals surface area contributed by atoms with Crippen molar-refractivity contribution >= 4 is 29.4 Å². The number of ketones is 1. The van der Waals surface area contributed by atoms with Crippen molar-refractivity contribution in [3.05, 3.63) is 0 Å². The number of hydrogen-bond acceptors (Lipinski definition) is 6. The van der Waals surface area contributed by atoms with E-state index in [1.165, 1.54) is 18.7 Å². The largest absolute Gasteiger partial charge is 0.368 e. The molecule has 1 amide bonds. The highest BCUT2D eigenvalue weighted by atomic mass is 32.2. The molecule has 1 atom stereocenters. The molecule has 0 aromatic carbocycles. The average molecular weight is 285 g/mol. The maximum atomic E-state index is 11.8. The zero-order chi connectivity index (χ0) is 14.6. The van der Waals surface area contributed by atoms with Gasteiger partial charge in [0.05, 0.1) is 11.8 Å². The summed E-state index contributed by atoms with van der Waals surface area (Å²) in [6.07, 6.45) is 0. The molecular weight excluding hydrogens is 266 g/mol. The van der Waals surface area contributed by atoms with Crippen LogP contribution in [0.2, 0.25) is 0 Å². The van der Waals surface area contributed by atoms with Crippen LogP contribution in [0.4, 0.5) is 5.95 Å². The predicted molar refractivity (Wildman–Crippen MR) is 73.6 cm³/mol. The second kappa shape index (κ2) is 6.55. The fourth-order valence-electron chi connectivity index (χ4n) is 1.53. The zero-order valence-electron chi connectivity index (χ0n) is 11.5. The molecule has 19 heavy (non-hydrogen) atoms. The lowest BCUT2D eigenvalue weighted by atomic mass is 10.0. The molecular formula is C11H19N5O2S. The zero-order valence-corrected chi connectivity index (χ0v) is 12.3. The number of nitrogen functional groups attached to an aromatic ring is 1. The van der Waals surface area contributed by atoms with Gasteiger partial charge in [-0.25, -0.2) is 0 Å². The van der Waals surface area contributed by atoms with Crippen LogP contribution in [0.1, 0.15) is 20.8 Å². The molecule has 7 nitrogen and oxygen atoms in total. The summed E-state index contributed by atoms with van der Waals surface area (Å²) in [5, 5.41) is 10.8. The van der Waals surface area contributed by atoms with E-state index in [0.29, 0.717) is 11.1 Å². The minimum absolute atomic E-state index is 0.0451. The molecule has 0 aliphatic carbocycles. The van der Waals surface area contributed by atoms with Crippen LogP contribution in [0.25, 0.3) is 0 Å². The lowest BCUT2D eigenvalue weighted by Gasteiger charge is -2.19. The van der Waals surface area contributed by atoms with Crippen LogP contribution in [0.5, 0.6) is 0 Å². The van der Waals surface area contributed by atoms with E-state index in [-0.39, 0.29) is 23.4 Å². The summed E-state index contributed by atoms with van der Waals surface area (Å²) in [6.45, 7) is 5.26. The molecule has 1 rings (SSSR count). The molecule has 1 heterocycles. The van der Waals surface area contributed by atoms with Crippen LogP contribution in [0.15, 0.2) is 5.16 Å². The van der Waals surface area contributed by atoms with E-state index in [2.05, 4.69) is 15.5 Å². The van der Waals surface area contributed by atoms with Gasteiger partial charge >= 0.3 is 0 Å². The molecule has 0 saturated heterocycles. The number of hydrogen-bond donors (Lipinski definition) is 2. The second-order valence-corrected chi connectivity index (χ2v) is 5.53. The molecule has 1 unspecified atom stereocenters. The van der Waals surface area contributed by atoms with Crippen molar-refractivity contribution in [1.82, 2.24) is 20.1 Å². The summed E-state index contributed by atoms with van der Waals surface area (Å²) in [5.41, 5.74) is 5.54. The number of carbonyl (C=O) groups excluding carboxylic acids is 2. The minimum Gasteiger partial charge on any atom is -0.368 e. The van der Waals surface area contributed by atoms with Gasteiger partial charge in [0.25, 0.3) is 0 Å². The van der Waals surface area contributed by atoms with Gasteiger partial charge < -0.3 is 11.1 Å². The third-order valence-electron chi connectivity index (χ3n) is 2.62. The monoisotopic (exact) mass is 285 g/mol. The summed E-state index contributed by atoms with van der Waals surface area (Å²) >= 11 is 1.23. The highest BCUT2D eigenvalue weighted by Gasteiger charge is 2.20. The Morgan fingerprint density at radius 2 is 2.05 bits per heavy atom. The Hall–Kier alpha value is -1.57. The average Bonchev–Trinajstić information content (AvgIpc) is 2.63. The Balaban J connectivity index is 2.52. The van der Waals surface area contributed by atoms with E-state index in [4.69, 9.17) is 5.73 Å². The van der Waals surface area contributed by atoms with Crippen LogP contribution < -0.4 is 11.1 Å². The van der Waals surface area contributed by atoms with Gasteiger partial charge in [-0.3, -0.25) is 14.2 Å². The number of nitrogens with zero attached hydrogens (tertiary/aromatic N) is 3. The Morgan fingerprint density at radius 1 is 1.42 bits per heavy atom. The van der Waals surface area contributed by atoms with Gasteiger partial charge in [0.1, 0.15) is 0 Å². The smallest absolute Gasteiger partial charge is 0.231 e. The first-order valence-corrected chi connectivity index (χ1v) is 6.89. The number of aromatic nitrogens is 3. The molecule has 8 heteroatoms. The van der Waals surface area contributed by atoms with Crippen LogP contribution in [-0.2, 0) is 16.6 Å². The van der Waals surface area contributed by atoms with Crippen LogP contribution in [0, 0.1) is 5.92 Å². The van der Waals surface area contributed by atoms with Crippen molar-refractivity contribution in [1.29, 1.82) is 0 Å². The van der Waals surface area contributed by atoms with Gasteiger partial charge in [-0.05, 0) is 12.8 Å². The number of amides is 1. The number of carbonyl (C=O) groups is 2. The number of nitrogens with two attached hydrogens (primary N) is 1. The van der Waals surface area contributed by atoms with Crippen LogP contribution in [0.3, 0.4) is 0 Å². The second-order valence-electron chi connectivity index (χ2n) is 4.59. The third-order valence-corrected chi connectivity index (χ3v) is 3.64. The molecule has 0 spiro atoms. The summed E-state index contributed by atoms with van der Waals surface area (Å²) in [6, 6.07) is -0.447. The lowest BCUT2D eigenvalue weighted by Crippen LogP contribution is -2.44. The number of anilines is 1. The fourth-order valence-corrected chi connectivity index (χ4v) is 2.26. The quantitative estimate of drug-likeness (QED) is 0.725. The Labute approximate surface area is 116 Å². The van der Waals surface area contributed by atoms with E-state index in [1.54, 1.807) is 11.6 Å². The van der Waals surface area contributed by atoms with Gasteiger partial charge in [-0.15, -0.1) is 10.2 Å². The van der Waals surface area contributed by atoms with Gasteiger partial charge in [0, 0.05) is 7.05 Å². The van der Waals surface area contributed by atoms with Crippen molar-refractivity contribution in [3.63, 3.8) is 0 Å². The van der Waals surface area contributed by atoms with E-state index >= 15 is 0 Å². The number of nitrogens with one attached hydrogen (secondary N) is 1. The molecule has 1 aromatic heterocycles. The third kappa shape index (κ3) is 4.23. The molecule has 1 aromatic rings. The number of Topliss-reactive ketones (excluding diaryl/α,β-unsaturated/α-hetero) is 1. The molecule has 0 aliphatic rings. The maximum Gasteiger partial charge on any atom is 0.231 e. The van der Waals surface area contributed by atoms with Gasteiger partial charge in [0.2, 0.25) is 11.9 Å². The summed E-state index contributed by atoms with van der Waals surface area (Å²) in [7, 11) is 1.72. The standard InChI is InChI=1S/C11H19N5O2S/c1-6(2)9(7(3)17)13-8(18)5-19-11-15-14-10(12)16(11)4/h6,9H,5H2,1-4H3,(H2,12,14)(H,13,18). The molecule has 0 fully saturated rings. The lowest BCUT2D eigenvalue weighted by molar-refractivity contribution is -0.126. The SMILES string of the molecule is CC(=O)C(NC(=O)CSc1nnc(N)n1C)C(C)C. The first kappa shape index (κ1) is 15.5. The summed E-state index contributed by atoms with van der Waals surface area (Å²) < 4.78 is 1.60.